The van der Waals surface area contributed by atoms with E-state index in [0.717, 1.165) is 41.4 Å². The molecular formula is C21H25N5O. The van der Waals surface area contributed by atoms with Crippen LogP contribution in [0.5, 0.6) is 0 Å². The highest BCUT2D eigenvalue weighted by atomic mass is 16.1. The second-order valence-electron chi connectivity index (χ2n) is 7.30. The van der Waals surface area contributed by atoms with Crippen LogP contribution in [0.25, 0.3) is 5.69 Å². The van der Waals surface area contributed by atoms with Gasteiger partial charge in [0.05, 0.1) is 34.4 Å². The van der Waals surface area contributed by atoms with E-state index in [1.54, 1.807) is 0 Å². The number of hydrogen-bond acceptors (Lipinski definition) is 3. The summed E-state index contributed by atoms with van der Waals surface area (Å²) in [6.45, 7) is 5.77. The molecule has 2 heterocycles. The monoisotopic (exact) mass is 363 g/mol. The SMILES string of the molecule is Cc1cc(NC(=O)c2c(C)nn(-c3ccccc3)c2C)n(C2CCCC2)n1. The van der Waals surface area contributed by atoms with Crippen LogP contribution >= 0.6 is 0 Å². The molecule has 0 spiro atoms. The Morgan fingerprint density at radius 2 is 1.78 bits per heavy atom. The molecule has 0 saturated heterocycles. The third-order valence-electron chi connectivity index (χ3n) is 5.29. The van der Waals surface area contributed by atoms with Crippen molar-refractivity contribution in [3.05, 3.63) is 59.0 Å². The Labute approximate surface area is 159 Å². The van der Waals surface area contributed by atoms with Crippen LogP contribution in [0.4, 0.5) is 5.82 Å². The van der Waals surface area contributed by atoms with Crippen LogP contribution in [-0.4, -0.2) is 25.5 Å². The Hall–Kier alpha value is -2.89. The van der Waals surface area contributed by atoms with Gasteiger partial charge in [-0.3, -0.25) is 4.79 Å². The predicted octanol–water partition coefficient (Wildman–Crippen LogP) is 4.36. The number of benzene rings is 1. The second-order valence-corrected chi connectivity index (χ2v) is 7.30. The van der Waals surface area contributed by atoms with E-state index in [-0.39, 0.29) is 5.91 Å². The van der Waals surface area contributed by atoms with Gasteiger partial charge in [0.25, 0.3) is 5.91 Å². The van der Waals surface area contributed by atoms with E-state index in [2.05, 4.69) is 15.5 Å². The normalized spacial score (nSPS) is 14.6. The summed E-state index contributed by atoms with van der Waals surface area (Å²) in [7, 11) is 0. The molecule has 0 radical (unpaired) electrons. The van der Waals surface area contributed by atoms with Crippen molar-refractivity contribution in [2.45, 2.75) is 52.5 Å². The lowest BCUT2D eigenvalue weighted by atomic mass is 10.2. The fourth-order valence-corrected chi connectivity index (χ4v) is 4.01. The molecule has 4 rings (SSSR count). The molecule has 0 aliphatic heterocycles. The number of aryl methyl sites for hydroxylation is 2. The van der Waals surface area contributed by atoms with Crippen molar-refractivity contribution in [3.8, 4) is 5.69 Å². The molecule has 6 nitrogen and oxygen atoms in total. The van der Waals surface area contributed by atoms with E-state index in [0.29, 0.717) is 11.6 Å². The smallest absolute Gasteiger partial charge is 0.260 e. The van der Waals surface area contributed by atoms with Gasteiger partial charge < -0.3 is 5.32 Å². The molecule has 3 aromatic rings. The summed E-state index contributed by atoms with van der Waals surface area (Å²) < 4.78 is 3.82. The molecule has 1 N–H and O–H groups in total. The summed E-state index contributed by atoms with van der Waals surface area (Å²) in [6.07, 6.45) is 4.68. The van der Waals surface area contributed by atoms with Gasteiger partial charge in [-0.2, -0.15) is 10.2 Å². The number of carbonyl (C=O) groups excluding carboxylic acids is 1. The van der Waals surface area contributed by atoms with Crippen LogP contribution in [0.1, 0.15) is 59.2 Å². The number of hydrogen-bond donors (Lipinski definition) is 1. The molecule has 1 amide bonds. The van der Waals surface area contributed by atoms with Gasteiger partial charge >= 0.3 is 0 Å². The molecule has 1 aliphatic carbocycles. The summed E-state index contributed by atoms with van der Waals surface area (Å²) in [5.74, 6) is 0.641. The summed E-state index contributed by atoms with van der Waals surface area (Å²) in [5.41, 5.74) is 4.04. The molecule has 0 bridgehead atoms. The van der Waals surface area contributed by atoms with Crippen LogP contribution in [0.3, 0.4) is 0 Å². The summed E-state index contributed by atoms with van der Waals surface area (Å²) >= 11 is 0. The van der Waals surface area contributed by atoms with Crippen LogP contribution in [0, 0.1) is 20.8 Å². The van der Waals surface area contributed by atoms with Crippen LogP contribution < -0.4 is 5.32 Å². The third-order valence-corrected chi connectivity index (χ3v) is 5.29. The van der Waals surface area contributed by atoms with Crippen molar-refractivity contribution in [3.63, 3.8) is 0 Å². The van der Waals surface area contributed by atoms with Crippen LogP contribution in [0.15, 0.2) is 36.4 Å². The molecule has 6 heteroatoms. The number of anilines is 1. The Balaban J connectivity index is 1.64. The van der Waals surface area contributed by atoms with Gasteiger partial charge in [-0.05, 0) is 45.7 Å². The first-order valence-electron chi connectivity index (χ1n) is 9.53. The number of amides is 1. The minimum atomic E-state index is -0.133. The number of nitrogens with one attached hydrogen (secondary N) is 1. The Morgan fingerprint density at radius 1 is 1.07 bits per heavy atom. The maximum atomic E-state index is 13.1. The van der Waals surface area contributed by atoms with E-state index >= 15 is 0 Å². The number of para-hydroxylation sites is 1. The van der Waals surface area contributed by atoms with E-state index in [9.17, 15) is 4.79 Å². The fraction of sp³-hybridized carbons (Fsp3) is 0.381. The quantitative estimate of drug-likeness (QED) is 0.749. The predicted molar refractivity (Wildman–Crippen MR) is 105 cm³/mol. The standard InChI is InChI=1S/C21H25N5O/c1-14-13-19(26(23-14)18-11-7-8-12-18)22-21(27)20-15(2)24-25(16(20)3)17-9-5-4-6-10-17/h4-6,9-10,13,18H,7-8,11-12H2,1-3H3,(H,22,27). The maximum Gasteiger partial charge on any atom is 0.260 e. The Morgan fingerprint density at radius 3 is 2.48 bits per heavy atom. The first kappa shape index (κ1) is 17.5. The Kier molecular flexibility index (Phi) is 4.56. The number of nitrogens with zero attached hydrogens (tertiary/aromatic N) is 4. The highest BCUT2D eigenvalue weighted by Crippen LogP contribution is 2.32. The molecule has 0 unspecified atom stereocenters. The van der Waals surface area contributed by atoms with Gasteiger partial charge in [-0.1, -0.05) is 31.0 Å². The average molecular weight is 363 g/mol. The van der Waals surface area contributed by atoms with E-state index in [1.165, 1.54) is 12.8 Å². The van der Waals surface area contributed by atoms with Gasteiger partial charge in [-0.15, -0.1) is 0 Å². The lowest BCUT2D eigenvalue weighted by Gasteiger charge is -2.14. The lowest BCUT2D eigenvalue weighted by Crippen LogP contribution is -2.19. The molecule has 2 aromatic heterocycles. The zero-order chi connectivity index (χ0) is 19.0. The highest BCUT2D eigenvalue weighted by Gasteiger charge is 2.24. The summed E-state index contributed by atoms with van der Waals surface area (Å²) in [5, 5.41) is 12.3. The molecule has 1 fully saturated rings. The van der Waals surface area contributed by atoms with Crippen molar-refractivity contribution in [1.29, 1.82) is 0 Å². The third kappa shape index (κ3) is 3.27. The van der Waals surface area contributed by atoms with E-state index < -0.39 is 0 Å². The van der Waals surface area contributed by atoms with Gasteiger partial charge in [-0.25, -0.2) is 9.36 Å². The number of aromatic nitrogens is 4. The first-order valence-corrected chi connectivity index (χ1v) is 9.53. The lowest BCUT2D eigenvalue weighted by molar-refractivity contribution is 0.102. The summed E-state index contributed by atoms with van der Waals surface area (Å²) in [4.78, 5) is 13.1. The zero-order valence-corrected chi connectivity index (χ0v) is 16.1. The van der Waals surface area contributed by atoms with Crippen molar-refractivity contribution in [2.75, 3.05) is 5.32 Å². The molecule has 1 aliphatic rings. The van der Waals surface area contributed by atoms with Crippen molar-refractivity contribution in [2.24, 2.45) is 0 Å². The zero-order valence-electron chi connectivity index (χ0n) is 16.1. The largest absolute Gasteiger partial charge is 0.307 e. The van der Waals surface area contributed by atoms with Gasteiger partial charge in [0.15, 0.2) is 0 Å². The van der Waals surface area contributed by atoms with Gasteiger partial charge in [0.1, 0.15) is 5.82 Å². The molecule has 1 aromatic carbocycles. The minimum Gasteiger partial charge on any atom is -0.307 e. The molecular weight excluding hydrogens is 338 g/mol. The molecule has 0 atom stereocenters. The summed E-state index contributed by atoms with van der Waals surface area (Å²) in [6, 6.07) is 12.2. The molecule has 140 valence electrons. The van der Waals surface area contributed by atoms with Gasteiger partial charge in [0.2, 0.25) is 0 Å². The van der Waals surface area contributed by atoms with Crippen LogP contribution in [-0.2, 0) is 0 Å². The van der Waals surface area contributed by atoms with Gasteiger partial charge in [0, 0.05) is 6.07 Å². The topological polar surface area (TPSA) is 64.7 Å². The molecule has 27 heavy (non-hydrogen) atoms. The van der Waals surface area contributed by atoms with Crippen molar-refractivity contribution in [1.82, 2.24) is 19.6 Å². The minimum absolute atomic E-state index is 0.133. The van der Waals surface area contributed by atoms with Crippen molar-refractivity contribution < 1.29 is 4.79 Å². The number of carbonyl (C=O) groups is 1. The maximum absolute atomic E-state index is 13.1. The highest BCUT2D eigenvalue weighted by molar-refractivity contribution is 6.05. The average Bonchev–Trinajstić information content (AvgIpc) is 3.35. The van der Waals surface area contributed by atoms with Crippen LogP contribution in [0.2, 0.25) is 0 Å². The van der Waals surface area contributed by atoms with E-state index in [4.69, 9.17) is 0 Å². The fourth-order valence-electron chi connectivity index (χ4n) is 4.01. The van der Waals surface area contributed by atoms with E-state index in [1.807, 2.05) is 66.5 Å². The second kappa shape index (κ2) is 7.02. The first-order chi connectivity index (χ1) is 13.0. The number of rotatable bonds is 4. The Bertz CT molecular complexity index is 964. The molecule has 1 saturated carbocycles. The van der Waals surface area contributed by atoms with Crippen molar-refractivity contribution >= 4 is 11.7 Å².